The number of rotatable bonds is 10. The molecular formula is C21H21F2N3O4S. The third kappa shape index (κ3) is 6.42. The van der Waals surface area contributed by atoms with Crippen LogP contribution in [0.1, 0.15) is 27.6 Å². The summed E-state index contributed by atoms with van der Waals surface area (Å²) in [5.41, 5.74) is 1.26. The first-order valence-corrected chi connectivity index (χ1v) is 10.4. The Morgan fingerprint density at radius 1 is 1.23 bits per heavy atom. The molecule has 0 saturated carbocycles. The third-order valence-corrected chi connectivity index (χ3v) is 5.25. The molecule has 3 rings (SSSR count). The summed E-state index contributed by atoms with van der Waals surface area (Å²) in [6.07, 6.45) is 0.436. The molecule has 0 aliphatic rings. The van der Waals surface area contributed by atoms with E-state index in [-0.39, 0.29) is 17.4 Å². The summed E-state index contributed by atoms with van der Waals surface area (Å²) in [5.74, 6) is 1.43. The van der Waals surface area contributed by atoms with Crippen molar-refractivity contribution in [3.63, 3.8) is 0 Å². The fourth-order valence-electron chi connectivity index (χ4n) is 2.80. The molecule has 0 unspecified atom stereocenters. The Labute approximate surface area is 182 Å². The summed E-state index contributed by atoms with van der Waals surface area (Å²) in [4.78, 5) is 17.6. The average molecular weight is 449 g/mol. The molecule has 31 heavy (non-hydrogen) atoms. The van der Waals surface area contributed by atoms with Gasteiger partial charge in [0.2, 0.25) is 5.89 Å². The van der Waals surface area contributed by atoms with Crippen LogP contribution in [-0.2, 0) is 12.2 Å². The molecule has 7 nitrogen and oxygen atoms in total. The fourth-order valence-corrected chi connectivity index (χ4v) is 3.69. The number of nitrogens with one attached hydrogen (secondary N) is 1. The van der Waals surface area contributed by atoms with Crippen molar-refractivity contribution in [2.24, 2.45) is 0 Å². The lowest BCUT2D eigenvalue weighted by atomic mass is 10.1. The highest BCUT2D eigenvalue weighted by molar-refractivity contribution is 7.98. The topological polar surface area (TPSA) is 86.5 Å². The molecule has 0 bridgehead atoms. The molecule has 10 heteroatoms. The van der Waals surface area contributed by atoms with Gasteiger partial charge >= 0.3 is 6.61 Å². The van der Waals surface area contributed by atoms with Crippen LogP contribution in [0.2, 0.25) is 0 Å². The number of carbonyl (C=O) groups excluding carboxylic acids is 1. The first kappa shape index (κ1) is 22.5. The fraction of sp³-hybridized carbons (Fsp3) is 0.286. The number of halogens is 2. The zero-order valence-electron chi connectivity index (χ0n) is 16.9. The molecule has 0 saturated heterocycles. The van der Waals surface area contributed by atoms with Crippen molar-refractivity contribution in [3.8, 4) is 11.5 Å². The standard InChI is InChI=1S/C21H21F2N3O4S/c1-13-25-19(30-26-13)12-31-18-6-4-3-5-15(18)20(27)24-10-9-14-7-8-16(28-2)17(11-14)29-21(22)23/h3-8,11,21H,9-10,12H2,1-2H3,(H,24,27). The van der Waals surface area contributed by atoms with E-state index in [1.807, 2.05) is 12.1 Å². The van der Waals surface area contributed by atoms with Crippen LogP contribution in [0, 0.1) is 6.92 Å². The maximum atomic E-state index is 12.7. The van der Waals surface area contributed by atoms with Crippen LogP contribution < -0.4 is 14.8 Å². The van der Waals surface area contributed by atoms with Gasteiger partial charge in [0.15, 0.2) is 17.3 Å². The van der Waals surface area contributed by atoms with Crippen LogP contribution in [0.15, 0.2) is 51.9 Å². The molecule has 0 radical (unpaired) electrons. The van der Waals surface area contributed by atoms with E-state index in [1.54, 1.807) is 31.2 Å². The van der Waals surface area contributed by atoms with Crippen molar-refractivity contribution in [3.05, 3.63) is 65.3 Å². The number of benzene rings is 2. The molecule has 0 atom stereocenters. The molecule has 3 aromatic rings. The summed E-state index contributed by atoms with van der Waals surface area (Å²) in [7, 11) is 1.38. The molecule has 0 spiro atoms. The molecule has 1 aromatic heterocycles. The quantitative estimate of drug-likeness (QED) is 0.463. The molecule has 0 aliphatic heterocycles. The van der Waals surface area contributed by atoms with Gasteiger partial charge in [0.05, 0.1) is 18.4 Å². The number of ether oxygens (including phenoxy) is 2. The number of thioether (sulfide) groups is 1. The number of nitrogens with zero attached hydrogens (tertiary/aromatic N) is 2. The van der Waals surface area contributed by atoms with Gasteiger partial charge in [-0.05, 0) is 43.2 Å². The van der Waals surface area contributed by atoms with Gasteiger partial charge in [-0.2, -0.15) is 13.8 Å². The summed E-state index contributed by atoms with van der Waals surface area (Å²) in [5, 5.41) is 6.61. The number of aryl methyl sites for hydroxylation is 1. The molecule has 0 aliphatic carbocycles. The van der Waals surface area contributed by atoms with Crippen molar-refractivity contribution in [2.45, 2.75) is 30.6 Å². The van der Waals surface area contributed by atoms with Crippen molar-refractivity contribution in [2.75, 3.05) is 13.7 Å². The first-order chi connectivity index (χ1) is 15.0. The highest BCUT2D eigenvalue weighted by atomic mass is 32.2. The van der Waals surface area contributed by atoms with Gasteiger partial charge in [-0.1, -0.05) is 23.4 Å². The largest absolute Gasteiger partial charge is 0.493 e. The molecule has 1 amide bonds. The Bertz CT molecular complexity index is 1030. The van der Waals surface area contributed by atoms with Crippen LogP contribution in [-0.4, -0.2) is 36.3 Å². The van der Waals surface area contributed by atoms with Crippen LogP contribution >= 0.6 is 11.8 Å². The van der Waals surface area contributed by atoms with Gasteiger partial charge < -0.3 is 19.3 Å². The van der Waals surface area contributed by atoms with Gasteiger partial charge in [0.1, 0.15) is 0 Å². The van der Waals surface area contributed by atoms with Crippen LogP contribution in [0.4, 0.5) is 8.78 Å². The Morgan fingerprint density at radius 3 is 2.74 bits per heavy atom. The van der Waals surface area contributed by atoms with Gasteiger partial charge in [0.25, 0.3) is 5.91 Å². The molecular weight excluding hydrogens is 428 g/mol. The van der Waals surface area contributed by atoms with Crippen LogP contribution in [0.5, 0.6) is 11.5 Å². The van der Waals surface area contributed by atoms with E-state index in [0.29, 0.717) is 36.0 Å². The minimum Gasteiger partial charge on any atom is -0.493 e. The normalized spacial score (nSPS) is 10.9. The van der Waals surface area contributed by atoms with Crippen molar-refractivity contribution >= 4 is 17.7 Å². The van der Waals surface area contributed by atoms with Crippen molar-refractivity contribution in [1.29, 1.82) is 0 Å². The molecule has 0 fully saturated rings. The maximum Gasteiger partial charge on any atom is 0.387 e. The maximum absolute atomic E-state index is 12.7. The minimum atomic E-state index is -2.95. The van der Waals surface area contributed by atoms with E-state index in [9.17, 15) is 13.6 Å². The second-order valence-electron chi connectivity index (χ2n) is 6.39. The van der Waals surface area contributed by atoms with Gasteiger partial charge in [-0.25, -0.2) is 0 Å². The summed E-state index contributed by atoms with van der Waals surface area (Å²) in [6, 6.07) is 12.0. The molecule has 1 N–H and O–H groups in total. The number of amides is 1. The Hall–Kier alpha value is -3.14. The van der Waals surface area contributed by atoms with Gasteiger partial charge in [-0.3, -0.25) is 4.79 Å². The summed E-state index contributed by atoms with van der Waals surface area (Å²) in [6.45, 7) is -0.889. The predicted octanol–water partition coefficient (Wildman–Crippen LogP) is 4.25. The van der Waals surface area contributed by atoms with Crippen molar-refractivity contribution in [1.82, 2.24) is 15.5 Å². The van der Waals surface area contributed by atoms with Crippen LogP contribution in [0.3, 0.4) is 0 Å². The average Bonchev–Trinajstić information content (AvgIpc) is 3.17. The highest BCUT2D eigenvalue weighted by Crippen LogP contribution is 2.30. The monoisotopic (exact) mass is 449 g/mol. The Morgan fingerprint density at radius 2 is 2.03 bits per heavy atom. The highest BCUT2D eigenvalue weighted by Gasteiger charge is 2.14. The van der Waals surface area contributed by atoms with E-state index in [1.165, 1.54) is 24.9 Å². The Kier molecular flexibility index (Phi) is 7.82. The predicted molar refractivity (Wildman–Crippen MR) is 111 cm³/mol. The SMILES string of the molecule is COc1ccc(CCNC(=O)c2ccccc2SCc2nc(C)no2)cc1OC(F)F. The lowest BCUT2D eigenvalue weighted by Gasteiger charge is -2.12. The molecule has 2 aromatic carbocycles. The van der Waals surface area contributed by atoms with Gasteiger partial charge in [0, 0.05) is 11.4 Å². The zero-order valence-corrected chi connectivity index (χ0v) is 17.7. The van der Waals surface area contributed by atoms with E-state index in [2.05, 4.69) is 20.2 Å². The second-order valence-corrected chi connectivity index (χ2v) is 7.41. The minimum absolute atomic E-state index is 0.0423. The number of alkyl halides is 2. The van der Waals surface area contributed by atoms with E-state index in [0.717, 1.165) is 10.5 Å². The number of carbonyl (C=O) groups is 1. The molecule has 164 valence electrons. The van der Waals surface area contributed by atoms with E-state index in [4.69, 9.17) is 9.26 Å². The summed E-state index contributed by atoms with van der Waals surface area (Å²) < 4.78 is 39.8. The van der Waals surface area contributed by atoms with E-state index < -0.39 is 6.61 Å². The zero-order chi connectivity index (χ0) is 22.2. The van der Waals surface area contributed by atoms with Crippen molar-refractivity contribution < 1.29 is 27.6 Å². The lowest BCUT2D eigenvalue weighted by Crippen LogP contribution is -2.26. The number of aromatic nitrogens is 2. The Balaban J connectivity index is 1.59. The number of hydrogen-bond acceptors (Lipinski definition) is 7. The van der Waals surface area contributed by atoms with Crippen LogP contribution in [0.25, 0.3) is 0 Å². The first-order valence-electron chi connectivity index (χ1n) is 9.37. The lowest BCUT2D eigenvalue weighted by molar-refractivity contribution is -0.0512. The summed E-state index contributed by atoms with van der Waals surface area (Å²) >= 11 is 1.42. The van der Waals surface area contributed by atoms with E-state index >= 15 is 0 Å². The number of hydrogen-bond donors (Lipinski definition) is 1. The van der Waals surface area contributed by atoms with Gasteiger partial charge in [-0.15, -0.1) is 11.8 Å². The smallest absolute Gasteiger partial charge is 0.387 e. The number of methoxy groups -OCH3 is 1. The second kappa shape index (κ2) is 10.8. The molecule has 1 heterocycles. The third-order valence-electron chi connectivity index (χ3n) is 4.20.